The van der Waals surface area contributed by atoms with E-state index in [-0.39, 0.29) is 35.6 Å². The fourth-order valence-electron chi connectivity index (χ4n) is 5.63. The summed E-state index contributed by atoms with van der Waals surface area (Å²) in [6.07, 6.45) is -1.50. The number of rotatable bonds is 6. The predicted octanol–water partition coefficient (Wildman–Crippen LogP) is 5.93. The van der Waals surface area contributed by atoms with Gasteiger partial charge in [0, 0.05) is 6.54 Å². The van der Waals surface area contributed by atoms with Crippen LogP contribution in [0.4, 0.5) is 13.2 Å². The molecule has 4 aromatic rings. The van der Waals surface area contributed by atoms with Crippen molar-refractivity contribution < 1.29 is 22.7 Å². The van der Waals surface area contributed by atoms with Gasteiger partial charge in [-0.05, 0) is 60.1 Å². The molecule has 1 aliphatic heterocycles. The van der Waals surface area contributed by atoms with Crippen molar-refractivity contribution in [3.8, 4) is 16.9 Å². The van der Waals surface area contributed by atoms with Gasteiger partial charge in [0.05, 0.1) is 29.6 Å². The standard InChI is InChI=1S/C32H28F3N3O3/c33-32(34,35)41-25-12-5-9-23(19-25)22-8-4-7-21(17-22)18-28(39)38-16-6-13-27-26(20-38)29(40)37-30(36-27)31(14-15-31)24-10-2-1-3-11-24/h1-5,7-12,17,19H,6,13-16,18,20H2,(H,36,37,40). The van der Waals surface area contributed by atoms with Gasteiger partial charge in [0.25, 0.3) is 5.56 Å². The molecule has 0 radical (unpaired) electrons. The average molecular weight is 560 g/mol. The summed E-state index contributed by atoms with van der Waals surface area (Å²) in [6, 6.07) is 23.0. The van der Waals surface area contributed by atoms with E-state index in [1.54, 1.807) is 29.2 Å². The highest BCUT2D eigenvalue weighted by Gasteiger charge is 2.48. The van der Waals surface area contributed by atoms with Crippen molar-refractivity contribution in [2.75, 3.05) is 6.54 Å². The minimum absolute atomic E-state index is 0.0997. The molecule has 1 aromatic heterocycles. The van der Waals surface area contributed by atoms with Gasteiger partial charge >= 0.3 is 6.36 Å². The Morgan fingerprint density at radius 2 is 1.71 bits per heavy atom. The lowest BCUT2D eigenvalue weighted by molar-refractivity contribution is -0.274. The largest absolute Gasteiger partial charge is 0.573 e. The number of fused-ring (bicyclic) bond motifs is 1. The number of nitrogens with one attached hydrogen (secondary N) is 1. The van der Waals surface area contributed by atoms with E-state index in [0.717, 1.165) is 29.7 Å². The number of H-pyrrole nitrogens is 1. The Morgan fingerprint density at radius 3 is 2.44 bits per heavy atom. The first-order valence-electron chi connectivity index (χ1n) is 13.6. The highest BCUT2D eigenvalue weighted by Crippen LogP contribution is 2.51. The number of aryl methyl sites for hydroxylation is 1. The quantitative estimate of drug-likeness (QED) is 0.318. The number of carbonyl (C=O) groups excluding carboxylic acids is 1. The molecule has 1 saturated carbocycles. The van der Waals surface area contributed by atoms with Gasteiger partial charge in [0.15, 0.2) is 0 Å². The fourth-order valence-corrected chi connectivity index (χ4v) is 5.63. The Hall–Kier alpha value is -4.40. The zero-order valence-electron chi connectivity index (χ0n) is 22.2. The fraction of sp³-hybridized carbons (Fsp3) is 0.281. The first-order valence-corrected chi connectivity index (χ1v) is 13.6. The van der Waals surface area contributed by atoms with Crippen LogP contribution in [0.3, 0.4) is 0 Å². The molecule has 2 heterocycles. The second kappa shape index (κ2) is 10.5. The molecule has 6 nitrogen and oxygen atoms in total. The molecule has 41 heavy (non-hydrogen) atoms. The van der Waals surface area contributed by atoms with Gasteiger partial charge < -0.3 is 14.6 Å². The Balaban J connectivity index is 1.19. The number of hydrogen-bond donors (Lipinski definition) is 1. The molecule has 1 amide bonds. The molecular weight excluding hydrogens is 531 g/mol. The van der Waals surface area contributed by atoms with Crippen LogP contribution in [-0.4, -0.2) is 33.7 Å². The summed E-state index contributed by atoms with van der Waals surface area (Å²) < 4.78 is 42.0. The van der Waals surface area contributed by atoms with Crippen molar-refractivity contribution >= 4 is 5.91 Å². The topological polar surface area (TPSA) is 75.3 Å². The van der Waals surface area contributed by atoms with Crippen molar-refractivity contribution in [2.24, 2.45) is 0 Å². The minimum Gasteiger partial charge on any atom is -0.406 e. The molecule has 0 atom stereocenters. The molecule has 1 fully saturated rings. The summed E-state index contributed by atoms with van der Waals surface area (Å²) in [4.78, 5) is 36.3. The Labute approximate surface area is 234 Å². The third kappa shape index (κ3) is 5.75. The van der Waals surface area contributed by atoms with Crippen molar-refractivity contribution in [1.82, 2.24) is 14.9 Å². The second-order valence-corrected chi connectivity index (χ2v) is 10.7. The van der Waals surface area contributed by atoms with Gasteiger partial charge in [0.1, 0.15) is 11.6 Å². The number of hydrogen-bond acceptors (Lipinski definition) is 4. The number of amides is 1. The number of nitrogens with zero attached hydrogens (tertiary/aromatic N) is 2. The molecule has 6 rings (SSSR count). The zero-order chi connectivity index (χ0) is 28.6. The number of benzene rings is 3. The molecule has 1 aliphatic carbocycles. The van der Waals surface area contributed by atoms with Gasteiger partial charge in [-0.3, -0.25) is 9.59 Å². The van der Waals surface area contributed by atoms with E-state index in [0.29, 0.717) is 41.9 Å². The monoisotopic (exact) mass is 559 g/mol. The molecule has 2 aliphatic rings. The van der Waals surface area contributed by atoms with Gasteiger partial charge in [-0.1, -0.05) is 66.7 Å². The molecule has 0 bridgehead atoms. The first kappa shape index (κ1) is 26.8. The molecule has 1 N–H and O–H groups in total. The van der Waals surface area contributed by atoms with Gasteiger partial charge in [-0.2, -0.15) is 0 Å². The molecule has 9 heteroatoms. The summed E-state index contributed by atoms with van der Waals surface area (Å²) >= 11 is 0. The maximum Gasteiger partial charge on any atom is 0.573 e. The number of alkyl halides is 3. The molecule has 3 aromatic carbocycles. The number of aromatic amines is 1. The van der Waals surface area contributed by atoms with E-state index in [1.165, 1.54) is 18.2 Å². The van der Waals surface area contributed by atoms with Crippen molar-refractivity contribution in [2.45, 2.75) is 50.4 Å². The lowest BCUT2D eigenvalue weighted by atomic mass is 9.94. The summed E-state index contributed by atoms with van der Waals surface area (Å²) in [6.45, 7) is 0.690. The Bertz CT molecular complexity index is 1650. The van der Waals surface area contributed by atoms with E-state index >= 15 is 0 Å². The number of aromatic nitrogens is 2. The maximum absolute atomic E-state index is 13.4. The highest BCUT2D eigenvalue weighted by molar-refractivity contribution is 5.79. The van der Waals surface area contributed by atoms with Crippen molar-refractivity contribution in [3.63, 3.8) is 0 Å². The van der Waals surface area contributed by atoms with E-state index < -0.39 is 6.36 Å². The van der Waals surface area contributed by atoms with Gasteiger partial charge in [-0.25, -0.2) is 4.98 Å². The summed E-state index contributed by atoms with van der Waals surface area (Å²) in [5, 5.41) is 0. The van der Waals surface area contributed by atoms with E-state index in [2.05, 4.69) is 21.9 Å². The molecular formula is C32H28F3N3O3. The van der Waals surface area contributed by atoms with Crippen molar-refractivity contribution in [3.05, 3.63) is 117 Å². The minimum atomic E-state index is -4.78. The molecule has 0 saturated heterocycles. The van der Waals surface area contributed by atoms with Crippen LogP contribution in [0.25, 0.3) is 11.1 Å². The van der Waals surface area contributed by atoms with Crippen LogP contribution in [0.5, 0.6) is 5.75 Å². The van der Waals surface area contributed by atoms with E-state index in [1.807, 2.05) is 24.3 Å². The number of carbonyl (C=O) groups is 1. The Morgan fingerprint density at radius 1 is 0.976 bits per heavy atom. The van der Waals surface area contributed by atoms with Gasteiger partial charge in [-0.15, -0.1) is 13.2 Å². The lowest BCUT2D eigenvalue weighted by Crippen LogP contribution is -2.34. The van der Waals surface area contributed by atoms with Crippen LogP contribution < -0.4 is 10.3 Å². The zero-order valence-corrected chi connectivity index (χ0v) is 22.2. The molecule has 0 unspecified atom stereocenters. The summed E-state index contributed by atoms with van der Waals surface area (Å²) in [5.74, 6) is 0.266. The van der Waals surface area contributed by atoms with Crippen LogP contribution in [0.2, 0.25) is 0 Å². The average Bonchev–Trinajstić information content (AvgIpc) is 3.78. The normalized spacial score (nSPS) is 16.0. The Kier molecular flexibility index (Phi) is 6.89. The van der Waals surface area contributed by atoms with Crippen LogP contribution in [0.1, 0.15) is 47.5 Å². The SMILES string of the molecule is O=C(Cc1cccc(-c2cccc(OC(F)(F)F)c2)c1)N1CCCc2nc(C3(c4ccccc4)CC3)[nH]c(=O)c2C1. The smallest absolute Gasteiger partial charge is 0.406 e. The van der Waals surface area contributed by atoms with Gasteiger partial charge in [0.2, 0.25) is 5.91 Å². The predicted molar refractivity (Wildman–Crippen MR) is 147 cm³/mol. The highest BCUT2D eigenvalue weighted by atomic mass is 19.4. The first-order chi connectivity index (χ1) is 19.7. The second-order valence-electron chi connectivity index (χ2n) is 10.7. The van der Waals surface area contributed by atoms with Crippen molar-refractivity contribution in [1.29, 1.82) is 0 Å². The van der Waals surface area contributed by atoms with Crippen LogP contribution in [0, 0.1) is 0 Å². The van der Waals surface area contributed by atoms with E-state index in [4.69, 9.17) is 4.98 Å². The third-order valence-electron chi connectivity index (χ3n) is 7.86. The summed E-state index contributed by atoms with van der Waals surface area (Å²) in [7, 11) is 0. The molecule has 0 spiro atoms. The number of ether oxygens (including phenoxy) is 1. The third-order valence-corrected chi connectivity index (χ3v) is 7.86. The van der Waals surface area contributed by atoms with Crippen LogP contribution in [-0.2, 0) is 29.6 Å². The summed E-state index contributed by atoms with van der Waals surface area (Å²) in [5.41, 5.74) is 3.92. The molecule has 210 valence electrons. The van der Waals surface area contributed by atoms with Crippen LogP contribution in [0.15, 0.2) is 83.7 Å². The maximum atomic E-state index is 13.4. The lowest BCUT2D eigenvalue weighted by Gasteiger charge is -2.21. The van der Waals surface area contributed by atoms with E-state index in [9.17, 15) is 22.8 Å². The van der Waals surface area contributed by atoms with Crippen LogP contribution >= 0.6 is 0 Å². The number of halogens is 3.